The summed E-state index contributed by atoms with van der Waals surface area (Å²) in [5.74, 6) is 2.13. The van der Waals surface area contributed by atoms with Crippen molar-refractivity contribution in [2.75, 3.05) is 13.1 Å². The highest BCUT2D eigenvalue weighted by atomic mass is 79.9. The summed E-state index contributed by atoms with van der Waals surface area (Å²) in [6, 6.07) is 4.43. The molecule has 1 aliphatic carbocycles. The first kappa shape index (κ1) is 13.1. The first-order valence-electron chi connectivity index (χ1n) is 5.79. The highest BCUT2D eigenvalue weighted by Crippen LogP contribution is 2.30. The lowest BCUT2D eigenvalue weighted by Crippen LogP contribution is -2.33. The molecule has 2 nitrogen and oxygen atoms in total. The Kier molecular flexibility index (Phi) is 4.03. The van der Waals surface area contributed by atoms with E-state index in [-0.39, 0.29) is 18.0 Å². The first-order valence-corrected chi connectivity index (χ1v) is 6.59. The van der Waals surface area contributed by atoms with Crippen molar-refractivity contribution < 1.29 is 9.18 Å². The standard InChI is InChI=1S/C14H13BrFNO/c1-2-7-17(9-10-3-4-10)14(18)12-6-5-11(15)8-13(12)16/h1,5-6,8,10H,3-4,7,9H2. The van der Waals surface area contributed by atoms with E-state index in [0.717, 1.165) is 12.8 Å². The van der Waals surface area contributed by atoms with Gasteiger partial charge in [0.25, 0.3) is 5.91 Å². The highest BCUT2D eigenvalue weighted by Gasteiger charge is 2.27. The lowest BCUT2D eigenvalue weighted by molar-refractivity contribution is 0.0765. The summed E-state index contributed by atoms with van der Waals surface area (Å²) in [5.41, 5.74) is 0.0779. The summed E-state index contributed by atoms with van der Waals surface area (Å²) in [6.45, 7) is 0.851. The maximum Gasteiger partial charge on any atom is 0.257 e. The van der Waals surface area contributed by atoms with Crippen LogP contribution in [0.3, 0.4) is 0 Å². The van der Waals surface area contributed by atoms with Gasteiger partial charge >= 0.3 is 0 Å². The molecule has 0 aromatic heterocycles. The Morgan fingerprint density at radius 1 is 1.56 bits per heavy atom. The number of amides is 1. The van der Waals surface area contributed by atoms with Crippen LogP contribution in [0.15, 0.2) is 22.7 Å². The Labute approximate surface area is 114 Å². The van der Waals surface area contributed by atoms with Crippen LogP contribution in [0, 0.1) is 24.1 Å². The van der Waals surface area contributed by atoms with E-state index in [4.69, 9.17) is 6.42 Å². The minimum absolute atomic E-state index is 0.0779. The third-order valence-corrected chi connectivity index (χ3v) is 3.40. The second kappa shape index (κ2) is 5.53. The molecule has 0 bridgehead atoms. The van der Waals surface area contributed by atoms with Crippen molar-refractivity contribution in [3.8, 4) is 12.3 Å². The van der Waals surface area contributed by atoms with E-state index in [1.54, 1.807) is 11.0 Å². The van der Waals surface area contributed by atoms with Gasteiger partial charge in [0, 0.05) is 11.0 Å². The average molecular weight is 310 g/mol. The molecule has 4 heteroatoms. The van der Waals surface area contributed by atoms with Gasteiger partial charge in [-0.1, -0.05) is 21.9 Å². The molecule has 0 atom stereocenters. The average Bonchev–Trinajstić information content (AvgIpc) is 3.11. The van der Waals surface area contributed by atoms with Crippen molar-refractivity contribution in [1.29, 1.82) is 0 Å². The van der Waals surface area contributed by atoms with Crippen LogP contribution in [0.25, 0.3) is 0 Å². The molecule has 2 rings (SSSR count). The monoisotopic (exact) mass is 309 g/mol. The van der Waals surface area contributed by atoms with Crippen molar-refractivity contribution in [2.24, 2.45) is 5.92 Å². The van der Waals surface area contributed by atoms with Gasteiger partial charge in [-0.15, -0.1) is 6.42 Å². The van der Waals surface area contributed by atoms with Gasteiger partial charge in [0.05, 0.1) is 12.1 Å². The molecule has 1 amide bonds. The van der Waals surface area contributed by atoms with Crippen LogP contribution in [0.4, 0.5) is 4.39 Å². The second-order valence-corrected chi connectivity index (χ2v) is 5.37. The van der Waals surface area contributed by atoms with Crippen LogP contribution in [0.2, 0.25) is 0 Å². The van der Waals surface area contributed by atoms with Crippen LogP contribution in [-0.2, 0) is 0 Å². The minimum Gasteiger partial charge on any atom is -0.327 e. The fraction of sp³-hybridized carbons (Fsp3) is 0.357. The van der Waals surface area contributed by atoms with Crippen LogP contribution in [0.1, 0.15) is 23.2 Å². The van der Waals surface area contributed by atoms with Crippen molar-refractivity contribution in [2.45, 2.75) is 12.8 Å². The Morgan fingerprint density at radius 3 is 2.83 bits per heavy atom. The van der Waals surface area contributed by atoms with Gasteiger partial charge in [0.15, 0.2) is 0 Å². The zero-order valence-corrected chi connectivity index (χ0v) is 11.4. The van der Waals surface area contributed by atoms with Crippen LogP contribution in [0.5, 0.6) is 0 Å². The van der Waals surface area contributed by atoms with Crippen molar-refractivity contribution >= 4 is 21.8 Å². The summed E-state index contributed by atoms with van der Waals surface area (Å²) in [7, 11) is 0. The Hall–Kier alpha value is -1.34. The fourth-order valence-electron chi connectivity index (χ4n) is 1.77. The molecular weight excluding hydrogens is 297 g/mol. The molecule has 18 heavy (non-hydrogen) atoms. The molecule has 94 valence electrons. The molecule has 0 N–H and O–H groups in total. The molecule has 0 spiro atoms. The lowest BCUT2D eigenvalue weighted by Gasteiger charge is -2.20. The summed E-state index contributed by atoms with van der Waals surface area (Å²) >= 11 is 3.17. The molecule has 0 unspecified atom stereocenters. The van der Waals surface area contributed by atoms with E-state index in [1.807, 2.05) is 0 Å². The van der Waals surface area contributed by atoms with E-state index in [1.165, 1.54) is 12.1 Å². The number of benzene rings is 1. The van der Waals surface area contributed by atoms with E-state index in [9.17, 15) is 9.18 Å². The topological polar surface area (TPSA) is 20.3 Å². The van der Waals surface area contributed by atoms with Gasteiger partial charge < -0.3 is 4.90 Å². The van der Waals surface area contributed by atoms with Gasteiger partial charge in [-0.05, 0) is 37.0 Å². The predicted molar refractivity (Wildman–Crippen MR) is 71.6 cm³/mol. The number of nitrogens with zero attached hydrogens (tertiary/aromatic N) is 1. The zero-order chi connectivity index (χ0) is 13.1. The predicted octanol–water partition coefficient (Wildman–Crippen LogP) is 3.07. The number of terminal acetylenes is 1. The quantitative estimate of drug-likeness (QED) is 0.783. The van der Waals surface area contributed by atoms with E-state index in [2.05, 4.69) is 21.9 Å². The molecule has 1 saturated carbocycles. The molecule has 0 radical (unpaired) electrons. The van der Waals surface area contributed by atoms with E-state index in [0.29, 0.717) is 16.9 Å². The number of carbonyl (C=O) groups is 1. The van der Waals surface area contributed by atoms with Crippen molar-refractivity contribution in [3.63, 3.8) is 0 Å². The minimum atomic E-state index is -0.521. The number of carbonyl (C=O) groups excluding carboxylic acids is 1. The third kappa shape index (κ3) is 3.11. The molecule has 0 saturated heterocycles. The van der Waals surface area contributed by atoms with Crippen molar-refractivity contribution in [3.05, 3.63) is 34.1 Å². The largest absolute Gasteiger partial charge is 0.327 e. The highest BCUT2D eigenvalue weighted by molar-refractivity contribution is 9.10. The third-order valence-electron chi connectivity index (χ3n) is 2.91. The Balaban J connectivity index is 2.18. The number of halogens is 2. The molecule has 0 heterocycles. The first-order chi connectivity index (χ1) is 8.61. The summed E-state index contributed by atoms with van der Waals surface area (Å²) < 4.78 is 14.3. The van der Waals surface area contributed by atoms with Gasteiger partial charge in [-0.3, -0.25) is 4.79 Å². The fourth-order valence-corrected chi connectivity index (χ4v) is 2.11. The smallest absolute Gasteiger partial charge is 0.257 e. The van der Waals surface area contributed by atoms with E-state index >= 15 is 0 Å². The van der Waals surface area contributed by atoms with Gasteiger partial charge in [-0.2, -0.15) is 0 Å². The maximum atomic E-state index is 13.7. The molecule has 1 aliphatic rings. The normalized spacial score (nSPS) is 14.1. The van der Waals surface area contributed by atoms with Crippen LogP contribution < -0.4 is 0 Å². The number of rotatable bonds is 4. The van der Waals surface area contributed by atoms with Gasteiger partial charge in [-0.25, -0.2) is 4.39 Å². The van der Waals surface area contributed by atoms with Crippen LogP contribution >= 0.6 is 15.9 Å². The van der Waals surface area contributed by atoms with Crippen LogP contribution in [-0.4, -0.2) is 23.9 Å². The van der Waals surface area contributed by atoms with E-state index < -0.39 is 5.82 Å². The summed E-state index contributed by atoms with van der Waals surface area (Å²) in [6.07, 6.45) is 7.50. The Morgan fingerprint density at radius 2 is 2.28 bits per heavy atom. The van der Waals surface area contributed by atoms with Gasteiger partial charge in [0.1, 0.15) is 5.82 Å². The van der Waals surface area contributed by atoms with Gasteiger partial charge in [0.2, 0.25) is 0 Å². The molecule has 0 aliphatic heterocycles. The maximum absolute atomic E-state index is 13.7. The molecular formula is C14H13BrFNO. The molecule has 1 aromatic rings. The lowest BCUT2D eigenvalue weighted by atomic mass is 10.1. The summed E-state index contributed by atoms with van der Waals surface area (Å²) in [4.78, 5) is 13.8. The summed E-state index contributed by atoms with van der Waals surface area (Å²) in [5, 5.41) is 0. The Bertz CT molecular complexity index is 505. The number of hydrogen-bond donors (Lipinski definition) is 0. The SMILES string of the molecule is C#CCN(CC1CC1)C(=O)c1ccc(Br)cc1F. The number of hydrogen-bond acceptors (Lipinski definition) is 1. The zero-order valence-electron chi connectivity index (χ0n) is 9.83. The molecule has 1 fully saturated rings. The molecule has 1 aromatic carbocycles. The second-order valence-electron chi connectivity index (χ2n) is 4.46. The van der Waals surface area contributed by atoms with Crippen molar-refractivity contribution in [1.82, 2.24) is 4.90 Å².